The van der Waals surface area contributed by atoms with Crippen LogP contribution in [0.3, 0.4) is 0 Å². The molecular weight excluding hydrogens is 300 g/mol. The highest BCUT2D eigenvalue weighted by molar-refractivity contribution is 9.10. The molecule has 17 heavy (non-hydrogen) atoms. The van der Waals surface area contributed by atoms with Crippen molar-refractivity contribution >= 4 is 33.3 Å². The van der Waals surface area contributed by atoms with E-state index in [0.717, 1.165) is 16.8 Å². The van der Waals surface area contributed by atoms with Gasteiger partial charge < -0.3 is 4.90 Å². The second-order valence-corrected chi connectivity index (χ2v) is 5.72. The summed E-state index contributed by atoms with van der Waals surface area (Å²) in [6.45, 7) is 0.877. The van der Waals surface area contributed by atoms with Crippen LogP contribution >= 0.6 is 27.5 Å². The first kappa shape index (κ1) is 13.2. The molecule has 0 aromatic carbocycles. The number of pyridine rings is 1. The zero-order chi connectivity index (χ0) is 12.1. The van der Waals surface area contributed by atoms with Gasteiger partial charge in [-0.2, -0.15) is 0 Å². The van der Waals surface area contributed by atoms with Gasteiger partial charge >= 0.3 is 0 Å². The molecule has 2 rings (SSSR count). The standard InChI is InChI=1S/C13H18BrClN2/c14-12-7-4-9-16-13(12)17(10-8-15)11-5-2-1-3-6-11/h4,7,9,11H,1-3,5-6,8,10H2. The normalized spacial score (nSPS) is 17.1. The van der Waals surface area contributed by atoms with Crippen molar-refractivity contribution in [2.24, 2.45) is 0 Å². The van der Waals surface area contributed by atoms with Crippen molar-refractivity contribution in [2.75, 3.05) is 17.3 Å². The van der Waals surface area contributed by atoms with Crippen molar-refractivity contribution in [3.8, 4) is 0 Å². The van der Waals surface area contributed by atoms with Gasteiger partial charge in [-0.3, -0.25) is 0 Å². The number of alkyl halides is 1. The molecule has 1 aliphatic carbocycles. The van der Waals surface area contributed by atoms with Crippen LogP contribution in [0.2, 0.25) is 0 Å². The lowest BCUT2D eigenvalue weighted by Crippen LogP contribution is -2.39. The number of hydrogen-bond acceptors (Lipinski definition) is 2. The monoisotopic (exact) mass is 316 g/mol. The summed E-state index contributed by atoms with van der Waals surface area (Å²) in [6.07, 6.45) is 8.40. The Morgan fingerprint density at radius 1 is 1.35 bits per heavy atom. The lowest BCUT2D eigenvalue weighted by atomic mass is 9.94. The Morgan fingerprint density at radius 2 is 2.12 bits per heavy atom. The highest BCUT2D eigenvalue weighted by Gasteiger charge is 2.23. The summed E-state index contributed by atoms with van der Waals surface area (Å²) in [4.78, 5) is 6.86. The minimum atomic E-state index is 0.605. The minimum Gasteiger partial charge on any atom is -0.352 e. The van der Waals surface area contributed by atoms with E-state index in [1.807, 2.05) is 18.3 Å². The molecule has 0 bridgehead atoms. The molecule has 1 saturated carbocycles. The Labute approximate surface area is 116 Å². The van der Waals surface area contributed by atoms with Gasteiger partial charge in [0.05, 0.1) is 4.47 Å². The summed E-state index contributed by atoms with van der Waals surface area (Å²) in [7, 11) is 0. The van der Waals surface area contributed by atoms with Crippen molar-refractivity contribution < 1.29 is 0 Å². The average Bonchev–Trinajstić information content (AvgIpc) is 2.38. The van der Waals surface area contributed by atoms with Gasteiger partial charge in [0.25, 0.3) is 0 Å². The van der Waals surface area contributed by atoms with E-state index in [1.165, 1.54) is 32.1 Å². The molecule has 0 unspecified atom stereocenters. The van der Waals surface area contributed by atoms with Gasteiger partial charge in [0.1, 0.15) is 5.82 Å². The molecule has 1 heterocycles. The van der Waals surface area contributed by atoms with Gasteiger partial charge in [-0.1, -0.05) is 19.3 Å². The van der Waals surface area contributed by atoms with Gasteiger partial charge in [-0.15, -0.1) is 11.6 Å². The highest BCUT2D eigenvalue weighted by atomic mass is 79.9. The molecule has 0 radical (unpaired) electrons. The van der Waals surface area contributed by atoms with Crippen LogP contribution in [-0.4, -0.2) is 23.5 Å². The van der Waals surface area contributed by atoms with Crippen LogP contribution in [0.5, 0.6) is 0 Å². The zero-order valence-corrected chi connectivity index (χ0v) is 12.3. The molecule has 0 saturated heterocycles. The third kappa shape index (κ3) is 3.35. The van der Waals surface area contributed by atoms with Gasteiger partial charge in [-0.25, -0.2) is 4.98 Å². The van der Waals surface area contributed by atoms with E-state index < -0.39 is 0 Å². The number of halogens is 2. The fourth-order valence-corrected chi connectivity index (χ4v) is 3.20. The lowest BCUT2D eigenvalue weighted by Gasteiger charge is -2.35. The largest absolute Gasteiger partial charge is 0.352 e. The Morgan fingerprint density at radius 3 is 2.76 bits per heavy atom. The maximum Gasteiger partial charge on any atom is 0.143 e. The summed E-state index contributed by atoms with van der Waals surface area (Å²) >= 11 is 9.52. The van der Waals surface area contributed by atoms with E-state index in [0.29, 0.717) is 11.9 Å². The topological polar surface area (TPSA) is 16.1 Å². The number of aromatic nitrogens is 1. The maximum atomic E-state index is 5.93. The Bertz CT molecular complexity index is 353. The van der Waals surface area contributed by atoms with Gasteiger partial charge in [-0.05, 0) is 40.9 Å². The fraction of sp³-hybridized carbons (Fsp3) is 0.615. The maximum absolute atomic E-state index is 5.93. The van der Waals surface area contributed by atoms with Gasteiger partial charge in [0, 0.05) is 24.7 Å². The number of nitrogens with zero attached hydrogens (tertiary/aromatic N) is 2. The third-order valence-electron chi connectivity index (χ3n) is 3.35. The number of rotatable bonds is 4. The highest BCUT2D eigenvalue weighted by Crippen LogP contribution is 2.30. The van der Waals surface area contributed by atoms with Crippen molar-refractivity contribution in [3.05, 3.63) is 22.8 Å². The van der Waals surface area contributed by atoms with E-state index in [-0.39, 0.29) is 0 Å². The first-order valence-corrected chi connectivity index (χ1v) is 7.59. The van der Waals surface area contributed by atoms with Gasteiger partial charge in [0.2, 0.25) is 0 Å². The first-order valence-electron chi connectivity index (χ1n) is 6.26. The van der Waals surface area contributed by atoms with Crippen molar-refractivity contribution in [3.63, 3.8) is 0 Å². The molecule has 4 heteroatoms. The van der Waals surface area contributed by atoms with Crippen LogP contribution in [0.1, 0.15) is 32.1 Å². The van der Waals surface area contributed by atoms with Crippen LogP contribution in [-0.2, 0) is 0 Å². The molecule has 0 aliphatic heterocycles. The van der Waals surface area contributed by atoms with E-state index in [1.54, 1.807) is 0 Å². The van der Waals surface area contributed by atoms with E-state index in [4.69, 9.17) is 11.6 Å². The SMILES string of the molecule is ClCCN(c1ncccc1Br)C1CCCCC1. The average molecular weight is 318 g/mol. The molecular formula is C13H18BrClN2. The van der Waals surface area contributed by atoms with Crippen LogP contribution in [0.4, 0.5) is 5.82 Å². The zero-order valence-electron chi connectivity index (χ0n) is 9.91. The summed E-state index contributed by atoms with van der Waals surface area (Å²) in [5, 5.41) is 0. The summed E-state index contributed by atoms with van der Waals surface area (Å²) in [5.74, 6) is 1.69. The minimum absolute atomic E-state index is 0.605. The second-order valence-electron chi connectivity index (χ2n) is 4.48. The van der Waals surface area contributed by atoms with Gasteiger partial charge in [0.15, 0.2) is 0 Å². The smallest absolute Gasteiger partial charge is 0.143 e. The van der Waals surface area contributed by atoms with Crippen LogP contribution in [0.15, 0.2) is 22.8 Å². The Kier molecular flexibility index (Phi) is 5.11. The predicted octanol–water partition coefficient (Wildman–Crippen LogP) is 4.22. The molecule has 0 amide bonds. The molecule has 94 valence electrons. The second kappa shape index (κ2) is 6.60. The molecule has 0 spiro atoms. The molecule has 1 aromatic heterocycles. The Balaban J connectivity index is 2.18. The van der Waals surface area contributed by atoms with Crippen molar-refractivity contribution in [2.45, 2.75) is 38.1 Å². The summed E-state index contributed by atoms with van der Waals surface area (Å²) in [6, 6.07) is 4.61. The quantitative estimate of drug-likeness (QED) is 0.773. The molecule has 1 fully saturated rings. The third-order valence-corrected chi connectivity index (χ3v) is 4.14. The van der Waals surface area contributed by atoms with E-state index in [9.17, 15) is 0 Å². The molecule has 1 aromatic rings. The molecule has 0 atom stereocenters. The van der Waals surface area contributed by atoms with Crippen molar-refractivity contribution in [1.29, 1.82) is 0 Å². The number of anilines is 1. The van der Waals surface area contributed by atoms with Crippen molar-refractivity contribution in [1.82, 2.24) is 4.98 Å². The number of hydrogen-bond donors (Lipinski definition) is 0. The van der Waals surface area contributed by atoms with Crippen LogP contribution in [0.25, 0.3) is 0 Å². The van der Waals surface area contributed by atoms with E-state index >= 15 is 0 Å². The predicted molar refractivity (Wildman–Crippen MR) is 76.9 cm³/mol. The van der Waals surface area contributed by atoms with Crippen LogP contribution in [0, 0.1) is 0 Å². The fourth-order valence-electron chi connectivity index (χ4n) is 2.53. The lowest BCUT2D eigenvalue weighted by molar-refractivity contribution is 0.416. The molecule has 1 aliphatic rings. The summed E-state index contributed by atoms with van der Waals surface area (Å²) < 4.78 is 1.07. The summed E-state index contributed by atoms with van der Waals surface area (Å²) in [5.41, 5.74) is 0. The van der Waals surface area contributed by atoms with Crippen LogP contribution < -0.4 is 4.90 Å². The molecule has 0 N–H and O–H groups in total. The Hall–Kier alpha value is -0.280. The molecule has 2 nitrogen and oxygen atoms in total. The van der Waals surface area contributed by atoms with E-state index in [2.05, 4.69) is 25.8 Å². The first-order chi connectivity index (χ1) is 8.33.